The number of aliphatic hydroxyl groups is 1. The lowest BCUT2D eigenvalue weighted by Crippen LogP contribution is -2.55. The van der Waals surface area contributed by atoms with Crippen LogP contribution < -0.4 is 5.63 Å². The van der Waals surface area contributed by atoms with E-state index in [1.165, 1.54) is 0 Å². The molecule has 6 heteroatoms. The Bertz CT molecular complexity index is 1210. The van der Waals surface area contributed by atoms with Crippen LogP contribution in [0, 0.1) is 19.8 Å². The van der Waals surface area contributed by atoms with Crippen LogP contribution >= 0.6 is 0 Å². The zero-order valence-electron chi connectivity index (χ0n) is 17.5. The average molecular weight is 409 g/mol. The van der Waals surface area contributed by atoms with E-state index in [9.17, 15) is 14.7 Å². The Morgan fingerprint density at radius 1 is 1.20 bits per heavy atom. The Labute approximate surface area is 174 Å². The van der Waals surface area contributed by atoms with Gasteiger partial charge in [0.25, 0.3) is 0 Å². The first kappa shape index (κ1) is 19.4. The van der Waals surface area contributed by atoms with Gasteiger partial charge in [-0.05, 0) is 50.3 Å². The number of rotatable bonds is 2. The lowest BCUT2D eigenvalue weighted by atomic mass is 9.71. The number of benzene rings is 1. The summed E-state index contributed by atoms with van der Waals surface area (Å²) >= 11 is 0. The normalized spacial score (nSPS) is 24.4. The number of furan rings is 1. The highest BCUT2D eigenvalue weighted by Gasteiger charge is 2.43. The van der Waals surface area contributed by atoms with Gasteiger partial charge < -0.3 is 18.8 Å². The molecule has 3 aromatic rings. The quantitative estimate of drug-likeness (QED) is 0.650. The van der Waals surface area contributed by atoms with Crippen LogP contribution in [-0.2, 0) is 11.2 Å². The van der Waals surface area contributed by atoms with Crippen molar-refractivity contribution in [1.29, 1.82) is 0 Å². The van der Waals surface area contributed by atoms with Crippen molar-refractivity contribution in [3.63, 3.8) is 0 Å². The number of nitrogens with zero attached hydrogens (tertiary/aromatic N) is 1. The molecule has 1 aliphatic carbocycles. The van der Waals surface area contributed by atoms with E-state index >= 15 is 0 Å². The van der Waals surface area contributed by atoms with E-state index in [0.29, 0.717) is 36.2 Å². The standard InChI is InChI=1S/C24H27NO5/c1-14-13-29-20-11-21-18(9-17(14)20)15(2)19(23(27)30-21)10-22(26)25-8-7-24(28)6-4-3-5-16(24)12-25/h9,11,13,16,28H,3-8,10,12H2,1-2H3/t16-,24+/m1/s1. The van der Waals surface area contributed by atoms with Crippen LogP contribution in [0.3, 0.4) is 0 Å². The summed E-state index contributed by atoms with van der Waals surface area (Å²) in [5.41, 5.74) is 2.27. The van der Waals surface area contributed by atoms with E-state index in [0.717, 1.165) is 47.6 Å². The number of amides is 1. The van der Waals surface area contributed by atoms with E-state index in [2.05, 4.69) is 0 Å². The molecule has 158 valence electrons. The first-order valence-electron chi connectivity index (χ1n) is 10.8. The van der Waals surface area contributed by atoms with E-state index in [4.69, 9.17) is 8.83 Å². The lowest BCUT2D eigenvalue weighted by molar-refractivity contribution is -0.142. The summed E-state index contributed by atoms with van der Waals surface area (Å²) in [6, 6.07) is 3.71. The van der Waals surface area contributed by atoms with Crippen molar-refractivity contribution >= 4 is 27.8 Å². The number of carbonyl (C=O) groups excluding carboxylic acids is 1. The zero-order chi connectivity index (χ0) is 21.0. The van der Waals surface area contributed by atoms with Gasteiger partial charge in [-0.3, -0.25) is 4.79 Å². The second-order valence-corrected chi connectivity index (χ2v) is 9.07. The average Bonchev–Trinajstić information content (AvgIpc) is 3.09. The summed E-state index contributed by atoms with van der Waals surface area (Å²) in [4.78, 5) is 27.6. The molecule has 30 heavy (non-hydrogen) atoms. The third-order valence-electron chi connectivity index (χ3n) is 7.28. The highest BCUT2D eigenvalue weighted by Crippen LogP contribution is 2.40. The van der Waals surface area contributed by atoms with Gasteiger partial charge in [0, 0.05) is 35.8 Å². The topological polar surface area (TPSA) is 83.9 Å². The Kier molecular flexibility index (Phi) is 4.51. The van der Waals surface area contributed by atoms with Gasteiger partial charge in [0.05, 0.1) is 23.8 Å². The number of likely N-dealkylation sites (tertiary alicyclic amines) is 1. The minimum atomic E-state index is -0.624. The van der Waals surface area contributed by atoms with E-state index < -0.39 is 11.2 Å². The summed E-state index contributed by atoms with van der Waals surface area (Å²) in [6.07, 6.45) is 6.27. The second-order valence-electron chi connectivity index (χ2n) is 9.07. The summed E-state index contributed by atoms with van der Waals surface area (Å²) < 4.78 is 11.1. The Morgan fingerprint density at radius 3 is 2.87 bits per heavy atom. The molecule has 0 spiro atoms. The third kappa shape index (κ3) is 3.05. The van der Waals surface area contributed by atoms with Crippen LogP contribution in [-0.4, -0.2) is 34.6 Å². The van der Waals surface area contributed by atoms with Crippen molar-refractivity contribution in [3.05, 3.63) is 45.5 Å². The monoisotopic (exact) mass is 409 g/mol. The Hall–Kier alpha value is -2.60. The molecular formula is C24H27NO5. The van der Waals surface area contributed by atoms with Crippen LogP contribution in [0.5, 0.6) is 0 Å². The van der Waals surface area contributed by atoms with Crippen LogP contribution in [0.4, 0.5) is 0 Å². The van der Waals surface area contributed by atoms with Gasteiger partial charge in [-0.1, -0.05) is 12.8 Å². The largest absolute Gasteiger partial charge is 0.464 e. The molecule has 6 nitrogen and oxygen atoms in total. The molecule has 0 bridgehead atoms. The molecule has 2 fully saturated rings. The van der Waals surface area contributed by atoms with Gasteiger partial charge in [-0.2, -0.15) is 0 Å². The molecule has 2 aromatic heterocycles. The molecule has 1 saturated carbocycles. The molecule has 0 radical (unpaired) electrons. The summed E-state index contributed by atoms with van der Waals surface area (Å²) in [7, 11) is 0. The molecule has 3 heterocycles. The number of hydrogen-bond donors (Lipinski definition) is 1. The fourth-order valence-corrected chi connectivity index (χ4v) is 5.30. The molecular weight excluding hydrogens is 382 g/mol. The van der Waals surface area contributed by atoms with Crippen molar-refractivity contribution in [2.45, 2.75) is 58.0 Å². The first-order chi connectivity index (χ1) is 14.4. The molecule has 5 rings (SSSR count). The minimum absolute atomic E-state index is 0.0255. The maximum Gasteiger partial charge on any atom is 0.340 e. The smallest absolute Gasteiger partial charge is 0.340 e. The van der Waals surface area contributed by atoms with Crippen molar-refractivity contribution < 1.29 is 18.7 Å². The maximum atomic E-state index is 13.1. The lowest BCUT2D eigenvalue weighted by Gasteiger charge is -2.47. The van der Waals surface area contributed by atoms with Crippen molar-refractivity contribution in [3.8, 4) is 0 Å². The number of fused-ring (bicyclic) bond motifs is 3. The molecule has 2 atom stereocenters. The van der Waals surface area contributed by atoms with Gasteiger partial charge in [0.15, 0.2) is 0 Å². The highest BCUT2D eigenvalue weighted by atomic mass is 16.4. The van der Waals surface area contributed by atoms with Crippen molar-refractivity contribution in [2.75, 3.05) is 13.1 Å². The molecule has 1 saturated heterocycles. The van der Waals surface area contributed by atoms with Gasteiger partial charge in [0.1, 0.15) is 11.2 Å². The summed E-state index contributed by atoms with van der Waals surface area (Å²) in [6.45, 7) is 4.96. The number of carbonyl (C=O) groups is 1. The SMILES string of the molecule is Cc1coc2cc3oc(=O)c(CC(=O)N4CC[C@@]5(O)CCCC[C@@H]5C4)c(C)c3cc12. The molecule has 1 N–H and O–H groups in total. The molecule has 1 aromatic carbocycles. The van der Waals surface area contributed by atoms with Gasteiger partial charge in [-0.25, -0.2) is 4.79 Å². The fourth-order valence-electron chi connectivity index (χ4n) is 5.30. The van der Waals surface area contributed by atoms with Crippen LogP contribution in [0.2, 0.25) is 0 Å². The minimum Gasteiger partial charge on any atom is -0.464 e. The van der Waals surface area contributed by atoms with Crippen molar-refractivity contribution in [1.82, 2.24) is 4.90 Å². The van der Waals surface area contributed by atoms with E-state index in [1.807, 2.05) is 24.8 Å². The number of hydrogen-bond acceptors (Lipinski definition) is 5. The van der Waals surface area contributed by atoms with Crippen molar-refractivity contribution in [2.24, 2.45) is 5.92 Å². The van der Waals surface area contributed by atoms with Gasteiger partial charge in [0.2, 0.25) is 5.91 Å². The molecule has 1 amide bonds. The summed E-state index contributed by atoms with van der Waals surface area (Å²) in [5, 5.41) is 12.7. The summed E-state index contributed by atoms with van der Waals surface area (Å²) in [5.74, 6) is 0.0633. The maximum absolute atomic E-state index is 13.1. The fraction of sp³-hybridized carbons (Fsp3) is 0.500. The predicted molar refractivity (Wildman–Crippen MR) is 114 cm³/mol. The van der Waals surface area contributed by atoms with Crippen LogP contribution in [0.1, 0.15) is 48.8 Å². The zero-order valence-corrected chi connectivity index (χ0v) is 17.5. The van der Waals surface area contributed by atoms with Gasteiger partial charge in [-0.15, -0.1) is 0 Å². The number of piperidine rings is 1. The molecule has 1 aliphatic heterocycles. The van der Waals surface area contributed by atoms with Crippen LogP contribution in [0.25, 0.3) is 21.9 Å². The second kappa shape index (κ2) is 6.98. The Morgan fingerprint density at radius 2 is 2.03 bits per heavy atom. The Balaban J connectivity index is 1.44. The molecule has 2 aliphatic rings. The highest BCUT2D eigenvalue weighted by molar-refractivity contribution is 5.96. The van der Waals surface area contributed by atoms with Gasteiger partial charge >= 0.3 is 5.63 Å². The predicted octanol–water partition coefficient (Wildman–Crippen LogP) is 3.85. The molecule has 0 unspecified atom stereocenters. The third-order valence-corrected chi connectivity index (χ3v) is 7.28. The van der Waals surface area contributed by atoms with E-state index in [-0.39, 0.29) is 18.2 Å². The number of aryl methyl sites for hydroxylation is 2. The van der Waals surface area contributed by atoms with Crippen LogP contribution in [0.15, 0.2) is 32.0 Å². The van der Waals surface area contributed by atoms with E-state index in [1.54, 1.807) is 12.3 Å². The first-order valence-corrected chi connectivity index (χ1v) is 10.8.